The second kappa shape index (κ2) is 6.34. The van der Waals surface area contributed by atoms with E-state index in [0.717, 1.165) is 11.3 Å². The molecule has 0 radical (unpaired) electrons. The fraction of sp³-hybridized carbons (Fsp3) is 0.444. The van der Waals surface area contributed by atoms with Crippen LogP contribution in [0.15, 0.2) is 30.3 Å². The average Bonchev–Trinajstić information content (AvgIpc) is 2.74. The first-order valence-corrected chi connectivity index (χ1v) is 8.03. The highest BCUT2D eigenvalue weighted by Gasteiger charge is 2.17. The van der Waals surface area contributed by atoms with Crippen LogP contribution in [0.3, 0.4) is 0 Å². The number of carbonyl (C=O) groups is 1. The van der Waals surface area contributed by atoms with Crippen molar-refractivity contribution in [2.45, 2.75) is 44.4 Å². The molecule has 0 atom stereocenters. The van der Waals surface area contributed by atoms with Gasteiger partial charge in [-0.3, -0.25) is 4.68 Å². The predicted octanol–water partition coefficient (Wildman–Crippen LogP) is 4.22. The lowest BCUT2D eigenvalue weighted by Crippen LogP contribution is -2.00. The number of rotatable bonds is 3. The smallest absolute Gasteiger partial charge is 0.356 e. The SMILES string of the molecule is Cn1nc(C(=O)O)cc1-c1cccc(C2CCCCCC2)c1. The summed E-state index contributed by atoms with van der Waals surface area (Å²) in [6.07, 6.45) is 7.83. The van der Waals surface area contributed by atoms with E-state index in [4.69, 9.17) is 5.11 Å². The van der Waals surface area contributed by atoms with E-state index < -0.39 is 5.97 Å². The topological polar surface area (TPSA) is 55.1 Å². The molecule has 0 spiro atoms. The Morgan fingerprint density at radius 1 is 1.18 bits per heavy atom. The van der Waals surface area contributed by atoms with Gasteiger partial charge in [-0.2, -0.15) is 5.10 Å². The van der Waals surface area contributed by atoms with Gasteiger partial charge in [0.05, 0.1) is 5.69 Å². The third-order valence-electron chi connectivity index (χ3n) is 4.61. The molecule has 0 bridgehead atoms. The molecule has 0 saturated heterocycles. The number of hydrogen-bond donors (Lipinski definition) is 1. The van der Waals surface area contributed by atoms with Crippen LogP contribution >= 0.6 is 0 Å². The molecule has 4 nitrogen and oxygen atoms in total. The van der Waals surface area contributed by atoms with Gasteiger partial charge in [-0.15, -0.1) is 0 Å². The summed E-state index contributed by atoms with van der Waals surface area (Å²) in [5.41, 5.74) is 3.37. The Morgan fingerprint density at radius 2 is 1.91 bits per heavy atom. The van der Waals surface area contributed by atoms with Crippen molar-refractivity contribution in [3.63, 3.8) is 0 Å². The van der Waals surface area contributed by atoms with Gasteiger partial charge in [0, 0.05) is 12.6 Å². The summed E-state index contributed by atoms with van der Waals surface area (Å²) < 4.78 is 1.65. The number of carboxylic acid groups (broad SMARTS) is 1. The number of aromatic carboxylic acids is 1. The Hall–Kier alpha value is -2.10. The third kappa shape index (κ3) is 3.06. The molecule has 116 valence electrons. The van der Waals surface area contributed by atoms with Crippen LogP contribution in [0.25, 0.3) is 11.3 Å². The van der Waals surface area contributed by atoms with E-state index in [1.54, 1.807) is 17.8 Å². The van der Waals surface area contributed by atoms with E-state index in [9.17, 15) is 4.79 Å². The van der Waals surface area contributed by atoms with E-state index in [1.165, 1.54) is 44.1 Å². The second-order valence-electron chi connectivity index (χ2n) is 6.16. The highest BCUT2D eigenvalue weighted by Crippen LogP contribution is 2.33. The Balaban J connectivity index is 1.92. The first-order valence-electron chi connectivity index (χ1n) is 8.03. The first kappa shape index (κ1) is 14.8. The lowest BCUT2D eigenvalue weighted by atomic mass is 9.90. The quantitative estimate of drug-likeness (QED) is 0.863. The molecule has 1 saturated carbocycles. The summed E-state index contributed by atoms with van der Waals surface area (Å²) in [6.45, 7) is 0. The molecule has 0 amide bonds. The zero-order valence-corrected chi connectivity index (χ0v) is 13.0. The normalized spacial score (nSPS) is 16.4. The van der Waals surface area contributed by atoms with Crippen LogP contribution in [0, 0.1) is 0 Å². The summed E-state index contributed by atoms with van der Waals surface area (Å²) in [6, 6.07) is 10.2. The molecular formula is C18H22N2O2. The second-order valence-corrected chi connectivity index (χ2v) is 6.16. The lowest BCUT2D eigenvalue weighted by Gasteiger charge is -2.15. The van der Waals surface area contributed by atoms with Gasteiger partial charge in [0.2, 0.25) is 0 Å². The van der Waals surface area contributed by atoms with Crippen LogP contribution in [0.1, 0.15) is 60.5 Å². The van der Waals surface area contributed by atoms with Gasteiger partial charge in [-0.1, -0.05) is 43.9 Å². The number of aromatic nitrogens is 2. The molecule has 1 aromatic carbocycles. The Bertz CT molecular complexity index is 667. The van der Waals surface area contributed by atoms with Gasteiger partial charge in [0.25, 0.3) is 0 Å². The van der Waals surface area contributed by atoms with Crippen LogP contribution in [0.5, 0.6) is 0 Å². The minimum absolute atomic E-state index is 0.0948. The summed E-state index contributed by atoms with van der Waals surface area (Å²) in [5, 5.41) is 13.1. The number of hydrogen-bond acceptors (Lipinski definition) is 2. The molecule has 1 aliphatic rings. The molecule has 4 heteroatoms. The van der Waals surface area contributed by atoms with Crippen LogP contribution in [0.4, 0.5) is 0 Å². The molecule has 3 rings (SSSR count). The molecule has 1 N–H and O–H groups in total. The summed E-state index contributed by atoms with van der Waals surface area (Å²) in [7, 11) is 1.79. The maximum absolute atomic E-state index is 11.1. The maximum atomic E-state index is 11.1. The summed E-state index contributed by atoms with van der Waals surface area (Å²) in [5.74, 6) is -0.351. The monoisotopic (exact) mass is 298 g/mol. The average molecular weight is 298 g/mol. The maximum Gasteiger partial charge on any atom is 0.356 e. The predicted molar refractivity (Wildman–Crippen MR) is 86.0 cm³/mol. The third-order valence-corrected chi connectivity index (χ3v) is 4.61. The first-order chi connectivity index (χ1) is 10.6. The van der Waals surface area contributed by atoms with Crippen LogP contribution in [-0.2, 0) is 7.05 Å². The molecule has 1 aliphatic carbocycles. The van der Waals surface area contributed by atoms with Gasteiger partial charge in [0.1, 0.15) is 0 Å². The fourth-order valence-corrected chi connectivity index (χ4v) is 3.41. The van der Waals surface area contributed by atoms with E-state index in [1.807, 2.05) is 6.07 Å². The Morgan fingerprint density at radius 3 is 2.55 bits per heavy atom. The van der Waals surface area contributed by atoms with Gasteiger partial charge in [0.15, 0.2) is 5.69 Å². The standard InChI is InChI=1S/C18H22N2O2/c1-20-17(12-16(19-20)18(21)22)15-10-6-9-14(11-15)13-7-4-2-3-5-8-13/h6,9-13H,2-5,7-8H2,1H3,(H,21,22). The molecule has 1 fully saturated rings. The van der Waals surface area contributed by atoms with Gasteiger partial charge >= 0.3 is 5.97 Å². The van der Waals surface area contributed by atoms with Crippen LogP contribution < -0.4 is 0 Å². The van der Waals surface area contributed by atoms with Crippen molar-refractivity contribution in [1.29, 1.82) is 0 Å². The van der Waals surface area contributed by atoms with Crippen LogP contribution in [-0.4, -0.2) is 20.9 Å². The minimum Gasteiger partial charge on any atom is -0.476 e. The van der Waals surface area contributed by atoms with E-state index in [2.05, 4.69) is 23.3 Å². The molecule has 0 unspecified atom stereocenters. The molecule has 22 heavy (non-hydrogen) atoms. The van der Waals surface area contributed by atoms with Gasteiger partial charge < -0.3 is 5.11 Å². The van der Waals surface area contributed by atoms with Gasteiger partial charge in [-0.05, 0) is 36.5 Å². The van der Waals surface area contributed by atoms with E-state index >= 15 is 0 Å². The zero-order valence-electron chi connectivity index (χ0n) is 13.0. The Labute approximate surface area is 130 Å². The van der Waals surface area contributed by atoms with Gasteiger partial charge in [-0.25, -0.2) is 4.79 Å². The highest BCUT2D eigenvalue weighted by atomic mass is 16.4. The summed E-state index contributed by atoms with van der Waals surface area (Å²) in [4.78, 5) is 11.1. The zero-order chi connectivity index (χ0) is 15.5. The number of carboxylic acids is 1. The van der Waals surface area contributed by atoms with Crippen molar-refractivity contribution in [3.8, 4) is 11.3 Å². The number of aryl methyl sites for hydroxylation is 1. The highest BCUT2D eigenvalue weighted by molar-refractivity contribution is 5.87. The molecule has 2 aromatic rings. The van der Waals surface area contributed by atoms with Crippen molar-refractivity contribution in [2.75, 3.05) is 0 Å². The van der Waals surface area contributed by atoms with Crippen molar-refractivity contribution in [1.82, 2.24) is 9.78 Å². The Kier molecular flexibility index (Phi) is 4.27. The van der Waals surface area contributed by atoms with E-state index in [-0.39, 0.29) is 5.69 Å². The fourth-order valence-electron chi connectivity index (χ4n) is 3.41. The minimum atomic E-state index is -0.984. The van der Waals surface area contributed by atoms with Crippen molar-refractivity contribution in [2.24, 2.45) is 7.05 Å². The van der Waals surface area contributed by atoms with E-state index in [0.29, 0.717) is 5.92 Å². The molecular weight excluding hydrogens is 276 g/mol. The lowest BCUT2D eigenvalue weighted by molar-refractivity contribution is 0.0689. The number of benzene rings is 1. The van der Waals surface area contributed by atoms with Crippen LogP contribution in [0.2, 0.25) is 0 Å². The largest absolute Gasteiger partial charge is 0.476 e. The molecule has 1 aromatic heterocycles. The van der Waals surface area contributed by atoms with Crippen molar-refractivity contribution in [3.05, 3.63) is 41.6 Å². The van der Waals surface area contributed by atoms with Crippen molar-refractivity contribution < 1.29 is 9.90 Å². The molecule has 0 aliphatic heterocycles. The van der Waals surface area contributed by atoms with Crippen molar-refractivity contribution >= 4 is 5.97 Å². The number of nitrogens with zero attached hydrogens (tertiary/aromatic N) is 2. The summed E-state index contributed by atoms with van der Waals surface area (Å²) >= 11 is 0. The molecule has 1 heterocycles.